The molecule has 1 aliphatic heterocycles. The maximum absolute atomic E-state index is 12.8. The Morgan fingerprint density at radius 3 is 2.71 bits per heavy atom. The van der Waals surface area contributed by atoms with Crippen molar-refractivity contribution in [3.8, 4) is 11.3 Å². The van der Waals surface area contributed by atoms with Crippen LogP contribution in [0.1, 0.15) is 23.2 Å². The Morgan fingerprint density at radius 1 is 1.38 bits per heavy atom. The molecule has 1 aromatic heterocycles. The molecule has 1 aliphatic rings. The van der Waals surface area contributed by atoms with Gasteiger partial charge in [0.1, 0.15) is 5.69 Å². The predicted octanol–water partition coefficient (Wildman–Crippen LogP) is 1.56. The van der Waals surface area contributed by atoms with Crippen LogP contribution in [0.15, 0.2) is 30.5 Å². The molecule has 1 atom stereocenters. The van der Waals surface area contributed by atoms with Crippen molar-refractivity contribution in [1.29, 1.82) is 0 Å². The lowest BCUT2D eigenvalue weighted by molar-refractivity contribution is -0.384. The van der Waals surface area contributed by atoms with E-state index in [1.54, 1.807) is 35.0 Å². The van der Waals surface area contributed by atoms with Gasteiger partial charge < -0.3 is 10.6 Å². The standard InChI is InChI=1S/C16H19N5O3/c1-19-10-14(16(22)20-8-2-3-12(17)9-20)15(18-19)11-4-6-13(7-5-11)21(23)24/h4-7,10,12H,2-3,8-9,17H2,1H3. The lowest BCUT2D eigenvalue weighted by atomic mass is 10.0. The zero-order valence-electron chi connectivity index (χ0n) is 13.4. The van der Waals surface area contributed by atoms with Crippen LogP contribution in [0.3, 0.4) is 0 Å². The van der Waals surface area contributed by atoms with Crippen molar-refractivity contribution < 1.29 is 9.72 Å². The van der Waals surface area contributed by atoms with Gasteiger partial charge in [-0.25, -0.2) is 0 Å². The summed E-state index contributed by atoms with van der Waals surface area (Å²) in [7, 11) is 1.74. The quantitative estimate of drug-likeness (QED) is 0.679. The predicted molar refractivity (Wildman–Crippen MR) is 88.4 cm³/mol. The number of hydrogen-bond donors (Lipinski definition) is 1. The van der Waals surface area contributed by atoms with Gasteiger partial charge in [-0.2, -0.15) is 5.10 Å². The molecule has 3 rings (SSSR count). The number of nitrogens with zero attached hydrogens (tertiary/aromatic N) is 4. The van der Waals surface area contributed by atoms with Crippen molar-refractivity contribution in [1.82, 2.24) is 14.7 Å². The van der Waals surface area contributed by atoms with Crippen LogP contribution in [0.25, 0.3) is 11.3 Å². The van der Waals surface area contributed by atoms with Gasteiger partial charge in [-0.3, -0.25) is 19.6 Å². The number of carbonyl (C=O) groups is 1. The maximum Gasteiger partial charge on any atom is 0.269 e. The fraction of sp³-hybridized carbons (Fsp3) is 0.375. The third-order valence-electron chi connectivity index (χ3n) is 4.16. The Hall–Kier alpha value is -2.74. The molecule has 2 heterocycles. The van der Waals surface area contributed by atoms with E-state index in [4.69, 9.17) is 5.73 Å². The summed E-state index contributed by atoms with van der Waals surface area (Å²) in [6.45, 7) is 1.22. The third-order valence-corrected chi connectivity index (χ3v) is 4.16. The minimum Gasteiger partial charge on any atom is -0.337 e. The van der Waals surface area contributed by atoms with Crippen molar-refractivity contribution in [3.05, 3.63) is 46.1 Å². The van der Waals surface area contributed by atoms with Gasteiger partial charge in [0.05, 0.1) is 10.5 Å². The minimum atomic E-state index is -0.455. The number of nitro benzene ring substituents is 1. The van der Waals surface area contributed by atoms with Gasteiger partial charge in [-0.05, 0) is 25.0 Å². The Morgan fingerprint density at radius 2 is 2.08 bits per heavy atom. The smallest absolute Gasteiger partial charge is 0.269 e. The average Bonchev–Trinajstić information content (AvgIpc) is 2.96. The molecular formula is C16H19N5O3. The van der Waals surface area contributed by atoms with Crippen molar-refractivity contribution in [2.45, 2.75) is 18.9 Å². The molecule has 126 valence electrons. The number of piperidine rings is 1. The molecule has 0 bridgehead atoms. The summed E-state index contributed by atoms with van der Waals surface area (Å²) < 4.78 is 1.58. The van der Waals surface area contributed by atoms with Gasteiger partial charge in [0, 0.05) is 50.1 Å². The molecule has 24 heavy (non-hydrogen) atoms. The SMILES string of the molecule is Cn1cc(C(=O)N2CCCC(N)C2)c(-c2ccc([N+](=O)[O-])cc2)n1. The second-order valence-corrected chi connectivity index (χ2v) is 6.02. The molecule has 0 aliphatic carbocycles. The molecule has 0 spiro atoms. The summed E-state index contributed by atoms with van der Waals surface area (Å²) in [5.74, 6) is -0.105. The van der Waals surface area contributed by atoms with E-state index in [9.17, 15) is 14.9 Å². The molecule has 2 aromatic rings. The molecule has 1 aromatic carbocycles. The van der Waals surface area contributed by atoms with Crippen LogP contribution < -0.4 is 5.73 Å². The molecule has 0 saturated carbocycles. The summed E-state index contributed by atoms with van der Waals surface area (Å²) >= 11 is 0. The summed E-state index contributed by atoms with van der Waals surface area (Å²) in [5, 5.41) is 15.1. The van der Waals surface area contributed by atoms with Crippen LogP contribution in [0, 0.1) is 10.1 Å². The van der Waals surface area contributed by atoms with Crippen LogP contribution in [0.5, 0.6) is 0 Å². The molecule has 1 fully saturated rings. The number of carbonyl (C=O) groups excluding carboxylic acids is 1. The number of likely N-dealkylation sites (tertiary alicyclic amines) is 1. The van der Waals surface area contributed by atoms with Gasteiger partial charge in [-0.1, -0.05) is 0 Å². The maximum atomic E-state index is 12.8. The number of aromatic nitrogens is 2. The molecule has 1 unspecified atom stereocenters. The fourth-order valence-corrected chi connectivity index (χ4v) is 2.96. The molecule has 1 saturated heterocycles. The number of nitrogens with two attached hydrogens (primary N) is 1. The van der Waals surface area contributed by atoms with Crippen LogP contribution >= 0.6 is 0 Å². The van der Waals surface area contributed by atoms with Gasteiger partial charge in [0.25, 0.3) is 11.6 Å². The Labute approximate surface area is 139 Å². The van der Waals surface area contributed by atoms with Crippen molar-refractivity contribution in [3.63, 3.8) is 0 Å². The average molecular weight is 329 g/mol. The molecule has 2 N–H and O–H groups in total. The number of hydrogen-bond acceptors (Lipinski definition) is 5. The number of nitro groups is 1. The first-order valence-corrected chi connectivity index (χ1v) is 7.79. The number of aryl methyl sites for hydroxylation is 1. The van der Waals surface area contributed by atoms with E-state index in [2.05, 4.69) is 5.10 Å². The summed E-state index contributed by atoms with van der Waals surface area (Å²) in [4.78, 5) is 24.9. The van der Waals surface area contributed by atoms with Gasteiger partial charge in [0.15, 0.2) is 0 Å². The Kier molecular flexibility index (Phi) is 4.30. The highest BCUT2D eigenvalue weighted by molar-refractivity contribution is 6.00. The third kappa shape index (κ3) is 3.13. The van der Waals surface area contributed by atoms with Crippen LogP contribution in [-0.4, -0.2) is 44.6 Å². The second-order valence-electron chi connectivity index (χ2n) is 6.02. The Bertz CT molecular complexity index is 769. The summed E-state index contributed by atoms with van der Waals surface area (Å²) in [5.41, 5.74) is 7.65. The van der Waals surface area contributed by atoms with Gasteiger partial charge >= 0.3 is 0 Å². The van der Waals surface area contributed by atoms with E-state index < -0.39 is 4.92 Å². The van der Waals surface area contributed by atoms with E-state index >= 15 is 0 Å². The first-order chi connectivity index (χ1) is 11.5. The summed E-state index contributed by atoms with van der Waals surface area (Å²) in [6.07, 6.45) is 3.49. The highest BCUT2D eigenvalue weighted by Crippen LogP contribution is 2.26. The van der Waals surface area contributed by atoms with E-state index in [0.717, 1.165) is 12.8 Å². The van der Waals surface area contributed by atoms with E-state index in [-0.39, 0.29) is 17.6 Å². The number of rotatable bonds is 3. The molecule has 0 radical (unpaired) electrons. The molecule has 8 nitrogen and oxygen atoms in total. The normalized spacial score (nSPS) is 17.8. The lowest BCUT2D eigenvalue weighted by Gasteiger charge is -2.30. The molecule has 1 amide bonds. The largest absolute Gasteiger partial charge is 0.337 e. The first kappa shape index (κ1) is 16.1. The summed E-state index contributed by atoms with van der Waals surface area (Å²) in [6, 6.07) is 6.05. The van der Waals surface area contributed by atoms with E-state index in [1.807, 2.05) is 0 Å². The molecule has 8 heteroatoms. The highest BCUT2D eigenvalue weighted by atomic mass is 16.6. The number of benzene rings is 1. The van der Waals surface area contributed by atoms with E-state index in [1.165, 1.54) is 12.1 Å². The van der Waals surface area contributed by atoms with Crippen LogP contribution in [0.2, 0.25) is 0 Å². The van der Waals surface area contributed by atoms with Crippen LogP contribution in [-0.2, 0) is 7.05 Å². The second kappa shape index (κ2) is 6.40. The van der Waals surface area contributed by atoms with Crippen molar-refractivity contribution in [2.75, 3.05) is 13.1 Å². The lowest BCUT2D eigenvalue weighted by Crippen LogP contribution is -2.45. The monoisotopic (exact) mass is 329 g/mol. The van der Waals surface area contributed by atoms with Crippen molar-refractivity contribution in [2.24, 2.45) is 12.8 Å². The highest BCUT2D eigenvalue weighted by Gasteiger charge is 2.26. The Balaban J connectivity index is 1.92. The number of non-ortho nitro benzene ring substituents is 1. The topological polar surface area (TPSA) is 107 Å². The fourth-order valence-electron chi connectivity index (χ4n) is 2.96. The minimum absolute atomic E-state index is 0.00203. The zero-order chi connectivity index (χ0) is 17.3. The van der Waals surface area contributed by atoms with Gasteiger partial charge in [0.2, 0.25) is 0 Å². The van der Waals surface area contributed by atoms with Crippen molar-refractivity contribution >= 4 is 11.6 Å². The zero-order valence-corrected chi connectivity index (χ0v) is 13.4. The van der Waals surface area contributed by atoms with Gasteiger partial charge in [-0.15, -0.1) is 0 Å². The van der Waals surface area contributed by atoms with Crippen LogP contribution in [0.4, 0.5) is 5.69 Å². The first-order valence-electron chi connectivity index (χ1n) is 7.79. The number of amides is 1. The molecular weight excluding hydrogens is 310 g/mol. The van der Waals surface area contributed by atoms with E-state index in [0.29, 0.717) is 29.9 Å².